The fourth-order valence-electron chi connectivity index (χ4n) is 2.61. The first-order valence-electron chi connectivity index (χ1n) is 8.26. The zero-order valence-corrected chi connectivity index (χ0v) is 17.0. The minimum Gasteiger partial charge on any atom is -0.397 e. The number of hydrogen-bond acceptors (Lipinski definition) is 7. The van der Waals surface area contributed by atoms with Crippen molar-refractivity contribution in [3.63, 3.8) is 0 Å². The van der Waals surface area contributed by atoms with Crippen molar-refractivity contribution in [3.05, 3.63) is 33.1 Å². The molecule has 9 heteroatoms. The minimum atomic E-state index is -0.433. The summed E-state index contributed by atoms with van der Waals surface area (Å²) in [5.41, 5.74) is 7.88. The van der Waals surface area contributed by atoms with Gasteiger partial charge in [0.25, 0.3) is 0 Å². The number of carbonyl (C=O) groups is 1. The van der Waals surface area contributed by atoms with Crippen molar-refractivity contribution in [2.45, 2.75) is 26.4 Å². The number of ketones is 1. The molecule has 27 heavy (non-hydrogen) atoms. The van der Waals surface area contributed by atoms with Crippen LogP contribution < -0.4 is 11.1 Å². The van der Waals surface area contributed by atoms with Crippen LogP contribution in [0.1, 0.15) is 29.9 Å². The second-order valence-corrected chi connectivity index (χ2v) is 7.98. The Hall–Kier alpha value is -1.93. The van der Waals surface area contributed by atoms with Gasteiger partial charge in [-0.05, 0) is 25.5 Å². The highest BCUT2D eigenvalue weighted by Gasteiger charge is 2.20. The number of halogens is 2. The summed E-state index contributed by atoms with van der Waals surface area (Å²) in [6.07, 6.45) is 0.117. The van der Waals surface area contributed by atoms with Gasteiger partial charge in [0.2, 0.25) is 5.95 Å². The number of aromatic nitrogens is 2. The Bertz CT molecular complexity index is 1020. The molecule has 4 N–H and O–H groups in total. The highest BCUT2D eigenvalue weighted by atomic mass is 35.5. The molecule has 0 aliphatic rings. The predicted octanol–water partition coefficient (Wildman–Crippen LogP) is 4.63. The van der Waals surface area contributed by atoms with Crippen LogP contribution >= 0.6 is 34.5 Å². The summed E-state index contributed by atoms with van der Waals surface area (Å²) in [7, 11) is 0. The van der Waals surface area contributed by atoms with Gasteiger partial charge in [-0.25, -0.2) is 9.97 Å². The number of anilines is 2. The van der Waals surface area contributed by atoms with Crippen LogP contribution in [0.5, 0.6) is 0 Å². The third-order valence-corrected chi connectivity index (χ3v) is 5.89. The summed E-state index contributed by atoms with van der Waals surface area (Å²) in [5, 5.41) is 14.0. The Morgan fingerprint density at radius 3 is 2.70 bits per heavy atom. The molecule has 6 nitrogen and oxygen atoms in total. The molecule has 1 unspecified atom stereocenters. The summed E-state index contributed by atoms with van der Waals surface area (Å²) >= 11 is 13.4. The van der Waals surface area contributed by atoms with E-state index in [1.54, 1.807) is 25.1 Å². The molecular weight excluding hydrogens is 407 g/mol. The molecule has 0 saturated heterocycles. The molecule has 142 valence electrons. The molecule has 0 fully saturated rings. The first-order chi connectivity index (χ1) is 12.8. The van der Waals surface area contributed by atoms with E-state index in [-0.39, 0.29) is 5.78 Å². The zero-order valence-electron chi connectivity index (χ0n) is 14.7. The van der Waals surface area contributed by atoms with E-state index in [0.717, 1.165) is 5.56 Å². The molecule has 0 aliphatic heterocycles. The molecule has 0 radical (unpaired) electrons. The molecule has 0 saturated carbocycles. The van der Waals surface area contributed by atoms with Crippen molar-refractivity contribution < 1.29 is 9.90 Å². The first kappa shape index (κ1) is 19.8. The largest absolute Gasteiger partial charge is 0.397 e. The Balaban J connectivity index is 2.17. The zero-order chi connectivity index (χ0) is 19.7. The lowest BCUT2D eigenvalue weighted by Gasteiger charge is -2.10. The number of thiophene rings is 1. The molecule has 3 aromatic rings. The van der Waals surface area contributed by atoms with Crippen molar-refractivity contribution >= 4 is 62.2 Å². The van der Waals surface area contributed by atoms with Crippen LogP contribution in [0, 0.1) is 0 Å². The molecule has 2 aromatic heterocycles. The Morgan fingerprint density at radius 1 is 1.33 bits per heavy atom. The van der Waals surface area contributed by atoms with Crippen molar-refractivity contribution in [1.29, 1.82) is 0 Å². The third-order valence-electron chi connectivity index (χ3n) is 3.95. The van der Waals surface area contributed by atoms with Gasteiger partial charge in [0.05, 0.1) is 37.8 Å². The summed E-state index contributed by atoms with van der Waals surface area (Å²) in [6.45, 7) is 3.69. The van der Waals surface area contributed by atoms with Gasteiger partial charge in [-0.15, -0.1) is 11.3 Å². The highest BCUT2D eigenvalue weighted by Crippen LogP contribution is 2.40. The van der Waals surface area contributed by atoms with E-state index in [0.29, 0.717) is 55.4 Å². The number of nitrogens with one attached hydrogen (secondary N) is 1. The number of aliphatic hydroxyl groups excluding tert-OH is 1. The second-order valence-electron chi connectivity index (χ2n) is 6.17. The number of nitrogen functional groups attached to an aromatic ring is 1. The number of rotatable bonds is 6. The molecule has 3 rings (SSSR count). The fourth-order valence-corrected chi connectivity index (χ4v) is 3.90. The normalized spacial score (nSPS) is 12.3. The smallest absolute Gasteiger partial charge is 0.224 e. The quantitative estimate of drug-likeness (QED) is 0.498. The topological polar surface area (TPSA) is 101 Å². The number of fused-ring (bicyclic) bond motifs is 1. The molecule has 0 aliphatic carbocycles. The summed E-state index contributed by atoms with van der Waals surface area (Å²) in [6, 6.07) is 5.18. The summed E-state index contributed by atoms with van der Waals surface area (Å²) < 4.78 is 0. The predicted molar refractivity (Wildman–Crippen MR) is 112 cm³/mol. The lowest BCUT2D eigenvalue weighted by molar-refractivity contribution is 0.102. The van der Waals surface area contributed by atoms with E-state index in [4.69, 9.17) is 28.9 Å². The van der Waals surface area contributed by atoms with Gasteiger partial charge in [0.15, 0.2) is 5.78 Å². The van der Waals surface area contributed by atoms with Crippen molar-refractivity contribution in [3.8, 4) is 11.3 Å². The van der Waals surface area contributed by atoms with Crippen LogP contribution in [-0.2, 0) is 0 Å². The molecule has 2 heterocycles. The summed E-state index contributed by atoms with van der Waals surface area (Å²) in [5.74, 6) is 0.264. The molecule has 0 bridgehead atoms. The van der Waals surface area contributed by atoms with E-state index in [1.807, 2.05) is 0 Å². The van der Waals surface area contributed by atoms with Crippen LogP contribution in [0.3, 0.4) is 0 Å². The van der Waals surface area contributed by atoms with Crippen LogP contribution in [0.4, 0.5) is 11.6 Å². The van der Waals surface area contributed by atoms with E-state index in [2.05, 4.69) is 15.3 Å². The lowest BCUT2D eigenvalue weighted by Crippen LogP contribution is -2.11. The number of carbonyl (C=O) groups excluding carboxylic acids is 1. The number of benzene rings is 1. The van der Waals surface area contributed by atoms with Gasteiger partial charge in [0.1, 0.15) is 4.83 Å². The number of nitrogens with two attached hydrogens (primary N) is 1. The van der Waals surface area contributed by atoms with Crippen LogP contribution in [-0.4, -0.2) is 33.5 Å². The molecule has 1 atom stereocenters. The monoisotopic (exact) mass is 424 g/mol. The van der Waals surface area contributed by atoms with Gasteiger partial charge in [-0.2, -0.15) is 0 Å². The lowest BCUT2D eigenvalue weighted by atomic mass is 10.1. The van der Waals surface area contributed by atoms with Gasteiger partial charge in [-0.1, -0.05) is 29.3 Å². The molecule has 0 amide bonds. The molecule has 1 aromatic carbocycles. The van der Waals surface area contributed by atoms with Crippen molar-refractivity contribution in [2.75, 3.05) is 17.6 Å². The average Bonchev–Trinajstić information content (AvgIpc) is 2.93. The maximum Gasteiger partial charge on any atom is 0.224 e. The van der Waals surface area contributed by atoms with Crippen LogP contribution in [0.25, 0.3) is 21.5 Å². The minimum absolute atomic E-state index is 0.126. The maximum absolute atomic E-state index is 11.9. The maximum atomic E-state index is 11.9. The number of hydrogen-bond donors (Lipinski definition) is 3. The van der Waals surface area contributed by atoms with Crippen molar-refractivity contribution in [2.24, 2.45) is 0 Å². The number of nitrogens with zero attached hydrogens (tertiary/aromatic N) is 2. The van der Waals surface area contributed by atoms with E-state index >= 15 is 0 Å². The third kappa shape index (κ3) is 4.16. The fraction of sp³-hybridized carbons (Fsp3) is 0.278. The average molecular weight is 425 g/mol. The summed E-state index contributed by atoms with van der Waals surface area (Å²) in [4.78, 5) is 22.0. The van der Waals surface area contributed by atoms with E-state index in [9.17, 15) is 9.90 Å². The van der Waals surface area contributed by atoms with Gasteiger partial charge >= 0.3 is 0 Å². The number of Topliss-reactive ketones (excluding diaryl/α,β-unsaturated/α-hetero) is 1. The second kappa shape index (κ2) is 7.98. The standard InChI is InChI=1S/C18H18Cl2N4O2S/c1-8(25)5-6-22-18-23-15(10-3-4-11(19)12(20)7-10)13-14(21)16(9(2)26)27-17(13)24-18/h3-4,7-8,25H,5-6,21H2,1-2H3,(H,22,23,24). The Morgan fingerprint density at radius 2 is 2.07 bits per heavy atom. The van der Waals surface area contributed by atoms with Gasteiger partial charge < -0.3 is 16.2 Å². The van der Waals surface area contributed by atoms with Gasteiger partial charge in [0, 0.05) is 19.0 Å². The molecule has 0 spiro atoms. The van der Waals surface area contributed by atoms with Crippen LogP contribution in [0.15, 0.2) is 18.2 Å². The Kier molecular flexibility index (Phi) is 5.86. The van der Waals surface area contributed by atoms with Crippen molar-refractivity contribution in [1.82, 2.24) is 9.97 Å². The molecular formula is C18H18Cl2N4O2S. The number of aliphatic hydroxyl groups is 1. The van der Waals surface area contributed by atoms with Crippen LogP contribution in [0.2, 0.25) is 10.0 Å². The van der Waals surface area contributed by atoms with Gasteiger partial charge in [-0.3, -0.25) is 4.79 Å². The highest BCUT2D eigenvalue weighted by molar-refractivity contribution is 7.21. The first-order valence-corrected chi connectivity index (χ1v) is 9.83. The Labute approximate surface area is 170 Å². The SMILES string of the molecule is CC(=O)c1sc2nc(NCCC(C)O)nc(-c3ccc(Cl)c(Cl)c3)c2c1N. The van der Waals surface area contributed by atoms with E-state index in [1.165, 1.54) is 18.3 Å². The van der Waals surface area contributed by atoms with E-state index < -0.39 is 6.10 Å².